The fourth-order valence-corrected chi connectivity index (χ4v) is 1.92. The van der Waals surface area contributed by atoms with Gasteiger partial charge in [-0.15, -0.1) is 0 Å². The first kappa shape index (κ1) is 16.5. The Bertz CT molecular complexity index is 708. The van der Waals surface area contributed by atoms with Gasteiger partial charge in [-0.25, -0.2) is 8.78 Å². The predicted octanol–water partition coefficient (Wildman–Crippen LogP) is 2.35. The van der Waals surface area contributed by atoms with Crippen LogP contribution in [0.3, 0.4) is 0 Å². The lowest BCUT2D eigenvalue weighted by atomic mass is 10.3. The van der Waals surface area contributed by atoms with Gasteiger partial charge in [-0.1, -0.05) is 6.07 Å². The summed E-state index contributed by atoms with van der Waals surface area (Å²) in [5.41, 5.74) is 0.487. The molecule has 2 amide bonds. The summed E-state index contributed by atoms with van der Waals surface area (Å²) >= 11 is 0. The van der Waals surface area contributed by atoms with Crippen molar-refractivity contribution in [3.05, 3.63) is 59.9 Å². The molecule has 0 atom stereocenters. The van der Waals surface area contributed by atoms with Gasteiger partial charge in [0, 0.05) is 19.2 Å². The van der Waals surface area contributed by atoms with Crippen LogP contribution in [0.1, 0.15) is 12.6 Å². The average molecular weight is 319 g/mol. The number of carbonyl (C=O) groups is 2. The van der Waals surface area contributed by atoms with Gasteiger partial charge in [-0.05, 0) is 24.3 Å². The molecule has 5 nitrogen and oxygen atoms in total. The van der Waals surface area contributed by atoms with Gasteiger partial charge in [0.1, 0.15) is 18.2 Å². The zero-order chi connectivity index (χ0) is 16.8. The minimum atomic E-state index is -0.877. The number of aromatic nitrogens is 1. The molecule has 7 heteroatoms. The monoisotopic (exact) mass is 319 g/mol. The lowest BCUT2D eigenvalue weighted by Gasteiger charge is -2.20. The van der Waals surface area contributed by atoms with Gasteiger partial charge in [0.05, 0.1) is 17.9 Å². The smallest absolute Gasteiger partial charge is 0.244 e. The highest BCUT2D eigenvalue weighted by atomic mass is 19.1. The fourth-order valence-electron chi connectivity index (χ4n) is 1.92. The summed E-state index contributed by atoms with van der Waals surface area (Å²) in [5.74, 6) is -2.51. The normalized spacial score (nSPS) is 10.2. The largest absolute Gasteiger partial charge is 0.328 e. The minimum absolute atomic E-state index is 0.141. The number of hydrogen-bond acceptors (Lipinski definition) is 3. The maximum Gasteiger partial charge on any atom is 0.244 e. The first-order chi connectivity index (χ1) is 11.0. The van der Waals surface area contributed by atoms with Gasteiger partial charge in [0.2, 0.25) is 11.8 Å². The molecule has 2 aromatic rings. The molecule has 0 aliphatic rings. The predicted molar refractivity (Wildman–Crippen MR) is 80.3 cm³/mol. The number of anilines is 1. The second kappa shape index (κ2) is 7.44. The van der Waals surface area contributed by atoms with Crippen LogP contribution in [0.2, 0.25) is 0 Å². The van der Waals surface area contributed by atoms with Crippen LogP contribution in [0.25, 0.3) is 0 Å². The number of carbonyl (C=O) groups excluding carboxylic acids is 2. The van der Waals surface area contributed by atoms with E-state index in [1.165, 1.54) is 11.8 Å². The van der Waals surface area contributed by atoms with E-state index in [0.717, 1.165) is 12.1 Å². The number of hydrogen-bond donors (Lipinski definition) is 1. The SMILES string of the molecule is CC(=O)N(CC(=O)Nc1ccc(F)cc1F)Cc1ccccn1. The second-order valence-electron chi connectivity index (χ2n) is 4.87. The molecule has 0 bridgehead atoms. The van der Waals surface area contributed by atoms with E-state index in [0.29, 0.717) is 11.8 Å². The zero-order valence-electron chi connectivity index (χ0n) is 12.4. The van der Waals surface area contributed by atoms with Gasteiger partial charge < -0.3 is 10.2 Å². The summed E-state index contributed by atoms with van der Waals surface area (Å²) in [6.45, 7) is 1.23. The summed E-state index contributed by atoms with van der Waals surface area (Å²) in [4.78, 5) is 29.0. The maximum absolute atomic E-state index is 13.5. The van der Waals surface area contributed by atoms with E-state index in [2.05, 4.69) is 10.3 Å². The summed E-state index contributed by atoms with van der Waals surface area (Å²) in [6, 6.07) is 8.08. The third-order valence-electron chi connectivity index (χ3n) is 3.06. The Labute approximate surface area is 131 Å². The van der Waals surface area contributed by atoms with Crippen LogP contribution >= 0.6 is 0 Å². The van der Waals surface area contributed by atoms with Crippen molar-refractivity contribution in [1.29, 1.82) is 0 Å². The first-order valence-corrected chi connectivity index (χ1v) is 6.86. The molecule has 0 aliphatic heterocycles. The maximum atomic E-state index is 13.5. The van der Waals surface area contributed by atoms with E-state index in [4.69, 9.17) is 0 Å². The van der Waals surface area contributed by atoms with Gasteiger partial charge in [0.25, 0.3) is 0 Å². The summed E-state index contributed by atoms with van der Waals surface area (Å²) in [5, 5.41) is 2.31. The molecule has 1 N–H and O–H groups in total. The average Bonchev–Trinajstić information content (AvgIpc) is 2.50. The van der Waals surface area contributed by atoms with E-state index in [1.807, 2.05) is 0 Å². The molecule has 0 saturated heterocycles. The Morgan fingerprint density at radius 3 is 2.61 bits per heavy atom. The second-order valence-corrected chi connectivity index (χ2v) is 4.87. The molecule has 1 aromatic heterocycles. The summed E-state index contributed by atoms with van der Waals surface area (Å²) < 4.78 is 26.3. The number of nitrogens with zero attached hydrogens (tertiary/aromatic N) is 2. The van der Waals surface area contributed by atoms with Crippen LogP contribution in [0.5, 0.6) is 0 Å². The molecule has 1 heterocycles. The Morgan fingerprint density at radius 2 is 2.00 bits per heavy atom. The standard InChI is InChI=1S/C16H15F2N3O2/c1-11(22)21(9-13-4-2-3-7-19-13)10-16(23)20-15-6-5-12(17)8-14(15)18/h2-8H,9-10H2,1H3,(H,20,23). The quantitative estimate of drug-likeness (QED) is 0.920. The van der Waals surface area contributed by atoms with Crippen LogP contribution in [0.15, 0.2) is 42.6 Å². The third kappa shape index (κ3) is 4.84. The van der Waals surface area contributed by atoms with E-state index in [-0.39, 0.29) is 24.7 Å². The summed E-state index contributed by atoms with van der Waals surface area (Å²) in [7, 11) is 0. The van der Waals surface area contributed by atoms with E-state index >= 15 is 0 Å². The Balaban J connectivity index is 2.02. The number of amides is 2. The number of rotatable bonds is 5. The van der Waals surface area contributed by atoms with E-state index in [1.54, 1.807) is 24.4 Å². The van der Waals surface area contributed by atoms with Gasteiger partial charge in [-0.2, -0.15) is 0 Å². The van der Waals surface area contributed by atoms with Crippen molar-refractivity contribution in [1.82, 2.24) is 9.88 Å². The molecule has 0 aliphatic carbocycles. The lowest BCUT2D eigenvalue weighted by molar-refractivity contribution is -0.133. The number of benzene rings is 1. The van der Waals surface area contributed by atoms with Crippen molar-refractivity contribution in [3.63, 3.8) is 0 Å². The Hall–Kier alpha value is -2.83. The molecule has 0 saturated carbocycles. The minimum Gasteiger partial charge on any atom is -0.328 e. The van der Waals surface area contributed by atoms with Crippen molar-refractivity contribution in [2.24, 2.45) is 0 Å². The van der Waals surface area contributed by atoms with Crippen molar-refractivity contribution in [3.8, 4) is 0 Å². The van der Waals surface area contributed by atoms with Crippen molar-refractivity contribution < 1.29 is 18.4 Å². The number of pyridine rings is 1. The lowest BCUT2D eigenvalue weighted by Crippen LogP contribution is -2.36. The molecule has 0 radical (unpaired) electrons. The molecular weight excluding hydrogens is 304 g/mol. The molecule has 23 heavy (non-hydrogen) atoms. The van der Waals surface area contributed by atoms with Gasteiger partial charge >= 0.3 is 0 Å². The van der Waals surface area contributed by atoms with E-state index < -0.39 is 17.5 Å². The molecule has 120 valence electrons. The Kier molecular flexibility index (Phi) is 5.35. The molecule has 0 fully saturated rings. The molecule has 0 unspecified atom stereocenters. The number of halogens is 2. The van der Waals surface area contributed by atoms with Crippen LogP contribution in [-0.4, -0.2) is 28.2 Å². The van der Waals surface area contributed by atoms with Crippen LogP contribution in [-0.2, 0) is 16.1 Å². The molecule has 0 spiro atoms. The van der Waals surface area contributed by atoms with Crippen molar-refractivity contribution in [2.45, 2.75) is 13.5 Å². The van der Waals surface area contributed by atoms with Crippen LogP contribution in [0, 0.1) is 11.6 Å². The fraction of sp³-hybridized carbons (Fsp3) is 0.188. The highest BCUT2D eigenvalue weighted by molar-refractivity contribution is 5.94. The highest BCUT2D eigenvalue weighted by Crippen LogP contribution is 2.15. The van der Waals surface area contributed by atoms with E-state index in [9.17, 15) is 18.4 Å². The van der Waals surface area contributed by atoms with Crippen LogP contribution in [0.4, 0.5) is 14.5 Å². The highest BCUT2D eigenvalue weighted by Gasteiger charge is 2.16. The third-order valence-corrected chi connectivity index (χ3v) is 3.06. The zero-order valence-corrected chi connectivity index (χ0v) is 12.4. The molecule has 1 aromatic carbocycles. The van der Waals surface area contributed by atoms with Gasteiger partial charge in [0.15, 0.2) is 0 Å². The van der Waals surface area contributed by atoms with Crippen LogP contribution < -0.4 is 5.32 Å². The number of nitrogens with one attached hydrogen (secondary N) is 1. The topological polar surface area (TPSA) is 62.3 Å². The van der Waals surface area contributed by atoms with Gasteiger partial charge in [-0.3, -0.25) is 14.6 Å². The summed E-state index contributed by atoms with van der Waals surface area (Å²) in [6.07, 6.45) is 1.58. The molecule has 2 rings (SSSR count). The van der Waals surface area contributed by atoms with Crippen molar-refractivity contribution in [2.75, 3.05) is 11.9 Å². The molecular formula is C16H15F2N3O2. The van der Waals surface area contributed by atoms with Crippen molar-refractivity contribution >= 4 is 17.5 Å². The Morgan fingerprint density at radius 1 is 1.22 bits per heavy atom. The first-order valence-electron chi connectivity index (χ1n) is 6.86.